The van der Waals surface area contributed by atoms with Gasteiger partial charge in [-0.3, -0.25) is 4.68 Å². The molecular weight excluding hydrogens is 258 g/mol. The summed E-state index contributed by atoms with van der Waals surface area (Å²) < 4.78 is 1.80. The highest BCUT2D eigenvalue weighted by atomic mass is 32.2. The van der Waals surface area contributed by atoms with E-state index in [4.69, 9.17) is 5.73 Å². The molecule has 0 amide bonds. The lowest BCUT2D eigenvalue weighted by Crippen LogP contribution is -1.97. The molecule has 102 valence electrons. The van der Waals surface area contributed by atoms with E-state index in [1.165, 1.54) is 11.8 Å². The number of anilines is 1. The Morgan fingerprint density at radius 1 is 1.21 bits per heavy atom. The summed E-state index contributed by atoms with van der Waals surface area (Å²) in [6, 6.07) is 1.95. The molecule has 19 heavy (non-hydrogen) atoms. The zero-order valence-corrected chi connectivity index (χ0v) is 12.7. The van der Waals surface area contributed by atoms with Crippen molar-refractivity contribution >= 4 is 17.4 Å². The minimum Gasteiger partial charge on any atom is -0.395 e. The lowest BCUT2D eigenvalue weighted by atomic mass is 10.1. The maximum absolute atomic E-state index is 6.17. The fraction of sp³-hybridized carbons (Fsp3) is 0.462. The zero-order chi connectivity index (χ0) is 14.2. The van der Waals surface area contributed by atoms with E-state index in [-0.39, 0.29) is 0 Å². The quantitative estimate of drug-likeness (QED) is 0.873. The third kappa shape index (κ3) is 2.89. The molecule has 0 saturated heterocycles. The first-order valence-corrected chi connectivity index (χ1v) is 7.02. The molecule has 0 aliphatic carbocycles. The van der Waals surface area contributed by atoms with E-state index in [9.17, 15) is 0 Å². The molecule has 2 N–H and O–H groups in total. The van der Waals surface area contributed by atoms with Crippen molar-refractivity contribution in [2.45, 2.75) is 43.8 Å². The topological polar surface area (TPSA) is 69.6 Å². The Kier molecular flexibility index (Phi) is 3.80. The summed E-state index contributed by atoms with van der Waals surface area (Å²) in [7, 11) is 1.90. The Balaban J connectivity index is 2.38. The van der Waals surface area contributed by atoms with Crippen LogP contribution < -0.4 is 5.73 Å². The van der Waals surface area contributed by atoms with Crippen LogP contribution in [0.15, 0.2) is 16.2 Å². The molecule has 2 aromatic rings. The Hall–Kier alpha value is -1.56. The Morgan fingerprint density at radius 2 is 1.79 bits per heavy atom. The average Bonchev–Trinajstić information content (AvgIpc) is 2.56. The highest BCUT2D eigenvalue weighted by Crippen LogP contribution is 2.34. The van der Waals surface area contributed by atoms with Crippen molar-refractivity contribution in [3.63, 3.8) is 0 Å². The number of hydrogen-bond donors (Lipinski definition) is 1. The summed E-state index contributed by atoms with van der Waals surface area (Å²) in [6.07, 6.45) is 0. The van der Waals surface area contributed by atoms with Gasteiger partial charge in [0.15, 0.2) is 5.16 Å². The summed E-state index contributed by atoms with van der Waals surface area (Å²) in [4.78, 5) is 8.84. The van der Waals surface area contributed by atoms with Crippen LogP contribution in [0.3, 0.4) is 0 Å². The van der Waals surface area contributed by atoms with Gasteiger partial charge < -0.3 is 5.73 Å². The van der Waals surface area contributed by atoms with E-state index < -0.39 is 0 Å². The molecule has 0 aromatic carbocycles. The van der Waals surface area contributed by atoms with Crippen molar-refractivity contribution in [1.82, 2.24) is 19.7 Å². The summed E-state index contributed by atoms with van der Waals surface area (Å²) in [5.41, 5.74) is 9.74. The molecule has 2 heterocycles. The zero-order valence-electron chi connectivity index (χ0n) is 11.9. The van der Waals surface area contributed by atoms with Gasteiger partial charge in [0.25, 0.3) is 0 Å². The number of nitrogens with zero attached hydrogens (tertiary/aromatic N) is 4. The number of nitrogen functional groups attached to an aromatic ring is 1. The first kappa shape index (κ1) is 13.9. The Morgan fingerprint density at radius 3 is 2.26 bits per heavy atom. The summed E-state index contributed by atoms with van der Waals surface area (Å²) in [5, 5.41) is 6.07. The van der Waals surface area contributed by atoms with Crippen LogP contribution in [0.1, 0.15) is 36.8 Å². The first-order valence-electron chi connectivity index (χ1n) is 6.21. The monoisotopic (exact) mass is 277 g/mol. The van der Waals surface area contributed by atoms with Crippen LogP contribution in [0.4, 0.5) is 5.69 Å². The van der Waals surface area contributed by atoms with Gasteiger partial charge in [-0.2, -0.15) is 5.10 Å². The van der Waals surface area contributed by atoms with E-state index in [0.29, 0.717) is 11.1 Å². The van der Waals surface area contributed by atoms with Crippen LogP contribution in [0.2, 0.25) is 0 Å². The summed E-state index contributed by atoms with van der Waals surface area (Å²) >= 11 is 1.46. The van der Waals surface area contributed by atoms with Crippen LogP contribution in [-0.2, 0) is 7.05 Å². The van der Waals surface area contributed by atoms with Gasteiger partial charge >= 0.3 is 0 Å². The van der Waals surface area contributed by atoms with Crippen LogP contribution in [0.25, 0.3) is 0 Å². The van der Waals surface area contributed by atoms with Crippen LogP contribution in [0, 0.1) is 13.8 Å². The maximum atomic E-state index is 6.17. The second kappa shape index (κ2) is 5.21. The minimum atomic E-state index is 0.306. The van der Waals surface area contributed by atoms with Gasteiger partial charge in [-0.1, -0.05) is 13.8 Å². The molecule has 0 unspecified atom stereocenters. The largest absolute Gasteiger partial charge is 0.395 e. The van der Waals surface area contributed by atoms with Crippen molar-refractivity contribution in [2.75, 3.05) is 5.73 Å². The van der Waals surface area contributed by atoms with Crippen LogP contribution in [-0.4, -0.2) is 19.7 Å². The van der Waals surface area contributed by atoms with Gasteiger partial charge in [-0.15, -0.1) is 0 Å². The van der Waals surface area contributed by atoms with Crippen molar-refractivity contribution in [2.24, 2.45) is 7.05 Å². The van der Waals surface area contributed by atoms with Crippen LogP contribution >= 0.6 is 11.8 Å². The molecule has 6 heteroatoms. The highest BCUT2D eigenvalue weighted by Gasteiger charge is 2.18. The Bertz CT molecular complexity index is 583. The molecule has 0 bridgehead atoms. The second-order valence-corrected chi connectivity index (χ2v) is 5.87. The molecule has 2 aromatic heterocycles. The third-order valence-electron chi connectivity index (χ3n) is 2.75. The van der Waals surface area contributed by atoms with Crippen molar-refractivity contribution in [1.29, 1.82) is 0 Å². The van der Waals surface area contributed by atoms with E-state index in [1.54, 1.807) is 4.68 Å². The molecule has 0 radical (unpaired) electrons. The van der Waals surface area contributed by atoms with Crippen molar-refractivity contribution in [3.05, 3.63) is 23.1 Å². The van der Waals surface area contributed by atoms with E-state index in [0.717, 1.165) is 27.8 Å². The first-order chi connectivity index (χ1) is 8.88. The number of rotatable bonds is 3. The van der Waals surface area contributed by atoms with E-state index >= 15 is 0 Å². The van der Waals surface area contributed by atoms with Crippen molar-refractivity contribution in [3.8, 4) is 0 Å². The lowest BCUT2D eigenvalue weighted by molar-refractivity contribution is 0.670. The minimum absolute atomic E-state index is 0.306. The lowest BCUT2D eigenvalue weighted by Gasteiger charge is -2.04. The predicted molar refractivity (Wildman–Crippen MR) is 77.3 cm³/mol. The number of nitrogens with two attached hydrogens (primary N) is 1. The molecule has 0 aliphatic heterocycles. The molecule has 5 nitrogen and oxygen atoms in total. The standard InChI is InChI=1S/C13H19N5S/c1-7(2)11-10(14)12(18(5)17-11)19-13-15-8(3)6-9(4)16-13/h6-7H,14H2,1-5H3. The summed E-state index contributed by atoms with van der Waals surface area (Å²) in [6.45, 7) is 8.09. The van der Waals surface area contributed by atoms with E-state index in [2.05, 4.69) is 28.9 Å². The molecule has 0 aliphatic rings. The smallest absolute Gasteiger partial charge is 0.194 e. The fourth-order valence-electron chi connectivity index (χ4n) is 1.92. The second-order valence-electron chi connectivity index (χ2n) is 4.92. The fourth-order valence-corrected chi connectivity index (χ4v) is 2.86. The highest BCUT2D eigenvalue weighted by molar-refractivity contribution is 7.99. The summed E-state index contributed by atoms with van der Waals surface area (Å²) in [5.74, 6) is 0.306. The number of aryl methyl sites for hydroxylation is 3. The van der Waals surface area contributed by atoms with E-state index in [1.807, 2.05) is 27.0 Å². The third-order valence-corrected chi connectivity index (χ3v) is 3.80. The van der Waals surface area contributed by atoms with Gasteiger partial charge in [-0.05, 0) is 37.6 Å². The molecule has 0 spiro atoms. The van der Waals surface area contributed by atoms with Crippen molar-refractivity contribution < 1.29 is 0 Å². The van der Waals surface area contributed by atoms with Gasteiger partial charge in [0.05, 0.1) is 11.4 Å². The molecule has 0 atom stereocenters. The normalized spacial score (nSPS) is 11.3. The SMILES string of the molecule is Cc1cc(C)nc(Sc2c(N)c(C(C)C)nn2C)n1. The van der Waals surface area contributed by atoms with Gasteiger partial charge in [-0.25, -0.2) is 9.97 Å². The predicted octanol–water partition coefficient (Wildman–Crippen LogP) is 2.68. The molecule has 0 saturated carbocycles. The van der Waals surface area contributed by atoms with Gasteiger partial charge in [0.2, 0.25) is 0 Å². The van der Waals surface area contributed by atoms with Crippen LogP contribution in [0.5, 0.6) is 0 Å². The van der Waals surface area contributed by atoms with Gasteiger partial charge in [0, 0.05) is 18.4 Å². The Labute approximate surface area is 117 Å². The molecule has 2 rings (SSSR count). The maximum Gasteiger partial charge on any atom is 0.194 e. The molecular formula is C13H19N5S. The van der Waals surface area contributed by atoms with Gasteiger partial charge in [0.1, 0.15) is 5.03 Å². The number of hydrogen-bond acceptors (Lipinski definition) is 5. The number of aromatic nitrogens is 4. The molecule has 0 fully saturated rings. The average molecular weight is 277 g/mol.